The van der Waals surface area contributed by atoms with E-state index in [-0.39, 0.29) is 5.91 Å². The number of nitrogens with zero attached hydrogens (tertiary/aromatic N) is 1. The summed E-state index contributed by atoms with van der Waals surface area (Å²) in [5.74, 6) is 1.63. The van der Waals surface area contributed by atoms with Gasteiger partial charge in [-0.1, -0.05) is 0 Å². The molecule has 2 heterocycles. The van der Waals surface area contributed by atoms with Gasteiger partial charge in [0, 0.05) is 24.7 Å². The molecule has 3 nitrogen and oxygen atoms in total. The Morgan fingerprint density at radius 2 is 2.20 bits per heavy atom. The molecule has 1 aliphatic heterocycles. The van der Waals surface area contributed by atoms with Crippen LogP contribution in [0.1, 0.15) is 52.8 Å². The van der Waals surface area contributed by atoms with Gasteiger partial charge in [0.25, 0.3) is 5.91 Å². The lowest BCUT2D eigenvalue weighted by molar-refractivity contribution is 0.0927. The van der Waals surface area contributed by atoms with E-state index in [0.717, 1.165) is 30.6 Å². The fourth-order valence-corrected chi connectivity index (χ4v) is 3.68. The van der Waals surface area contributed by atoms with Crippen molar-refractivity contribution >= 4 is 5.91 Å². The van der Waals surface area contributed by atoms with E-state index in [4.69, 9.17) is 0 Å². The van der Waals surface area contributed by atoms with Crippen LogP contribution in [0.2, 0.25) is 0 Å². The van der Waals surface area contributed by atoms with E-state index in [1.165, 1.54) is 30.5 Å². The predicted molar refractivity (Wildman–Crippen MR) is 56.1 cm³/mol. The summed E-state index contributed by atoms with van der Waals surface area (Å²) in [5.41, 5.74) is 3.89. The van der Waals surface area contributed by atoms with Crippen LogP contribution in [0.5, 0.6) is 0 Å². The van der Waals surface area contributed by atoms with Gasteiger partial charge in [-0.3, -0.25) is 4.79 Å². The SMILES string of the molecule is O=C1NCCn2c1cc1c2[C@H]2CC[C@@H]1C2. The lowest BCUT2D eigenvalue weighted by atomic mass is 9.98. The second-order valence-electron chi connectivity index (χ2n) is 4.98. The molecule has 1 aromatic rings. The first-order chi connectivity index (χ1) is 7.34. The van der Waals surface area contributed by atoms with Crippen molar-refractivity contribution in [3.63, 3.8) is 0 Å². The van der Waals surface area contributed by atoms with E-state index in [9.17, 15) is 4.79 Å². The summed E-state index contributed by atoms with van der Waals surface area (Å²) in [6, 6.07) is 2.15. The molecule has 0 unspecified atom stereocenters. The van der Waals surface area contributed by atoms with Crippen molar-refractivity contribution in [2.45, 2.75) is 37.6 Å². The third-order valence-electron chi connectivity index (χ3n) is 4.28. The maximum Gasteiger partial charge on any atom is 0.267 e. The Morgan fingerprint density at radius 1 is 1.33 bits per heavy atom. The molecule has 0 radical (unpaired) electrons. The van der Waals surface area contributed by atoms with Crippen molar-refractivity contribution in [1.29, 1.82) is 0 Å². The second kappa shape index (κ2) is 2.46. The summed E-state index contributed by atoms with van der Waals surface area (Å²) in [6.45, 7) is 1.77. The Kier molecular flexibility index (Phi) is 1.31. The maximum absolute atomic E-state index is 11.7. The van der Waals surface area contributed by atoms with Gasteiger partial charge in [0.1, 0.15) is 5.69 Å². The third kappa shape index (κ3) is 0.845. The average molecular weight is 202 g/mol. The Hall–Kier alpha value is -1.25. The van der Waals surface area contributed by atoms with Crippen molar-refractivity contribution in [3.05, 3.63) is 23.0 Å². The quantitative estimate of drug-likeness (QED) is 0.681. The Morgan fingerprint density at radius 3 is 3.13 bits per heavy atom. The summed E-state index contributed by atoms with van der Waals surface area (Å²) in [6.07, 6.45) is 4.01. The lowest BCUT2D eigenvalue weighted by Gasteiger charge is -2.20. The van der Waals surface area contributed by atoms with Gasteiger partial charge in [0.2, 0.25) is 0 Å². The Balaban J connectivity index is 1.96. The largest absolute Gasteiger partial charge is 0.349 e. The van der Waals surface area contributed by atoms with E-state index >= 15 is 0 Å². The smallest absolute Gasteiger partial charge is 0.267 e. The summed E-state index contributed by atoms with van der Waals surface area (Å²) >= 11 is 0. The number of aromatic nitrogens is 1. The minimum atomic E-state index is 0.120. The molecule has 3 aliphatic rings. The van der Waals surface area contributed by atoms with E-state index < -0.39 is 0 Å². The fourth-order valence-electron chi connectivity index (χ4n) is 3.68. The number of carbonyl (C=O) groups is 1. The van der Waals surface area contributed by atoms with Crippen molar-refractivity contribution in [2.75, 3.05) is 6.54 Å². The minimum absolute atomic E-state index is 0.120. The highest BCUT2D eigenvalue weighted by Crippen LogP contribution is 2.54. The van der Waals surface area contributed by atoms with Gasteiger partial charge in [0.15, 0.2) is 0 Å². The van der Waals surface area contributed by atoms with Crippen molar-refractivity contribution in [2.24, 2.45) is 0 Å². The third-order valence-corrected chi connectivity index (χ3v) is 4.28. The molecule has 2 atom stereocenters. The summed E-state index contributed by atoms with van der Waals surface area (Å²) in [7, 11) is 0. The van der Waals surface area contributed by atoms with E-state index in [1.54, 1.807) is 0 Å². The van der Waals surface area contributed by atoms with Crippen LogP contribution in [-0.2, 0) is 6.54 Å². The number of hydrogen-bond donors (Lipinski definition) is 1. The maximum atomic E-state index is 11.7. The molecule has 1 amide bonds. The molecule has 1 N–H and O–H groups in total. The second-order valence-corrected chi connectivity index (χ2v) is 4.98. The first-order valence-electron chi connectivity index (χ1n) is 5.86. The van der Waals surface area contributed by atoms with Gasteiger partial charge in [-0.05, 0) is 36.8 Å². The Bertz CT molecular complexity index is 460. The first kappa shape index (κ1) is 7.97. The summed E-state index contributed by atoms with van der Waals surface area (Å²) < 4.78 is 2.28. The van der Waals surface area contributed by atoms with Gasteiger partial charge >= 0.3 is 0 Å². The predicted octanol–water partition coefficient (Wildman–Crippen LogP) is 1.60. The van der Waals surface area contributed by atoms with Gasteiger partial charge in [0.05, 0.1) is 0 Å². The standard InChI is InChI=1S/C12H14N2O/c15-12-10-6-9-7-1-2-8(5-7)11(9)14(10)4-3-13-12/h6-8H,1-5H2,(H,13,15)/t7-,8+/m1/s1. The number of nitrogens with one attached hydrogen (secondary N) is 1. The molecule has 15 heavy (non-hydrogen) atoms. The lowest BCUT2D eigenvalue weighted by Crippen LogP contribution is -2.35. The van der Waals surface area contributed by atoms with Crippen LogP contribution in [0.4, 0.5) is 0 Å². The molecule has 3 heteroatoms. The van der Waals surface area contributed by atoms with E-state index in [0.29, 0.717) is 0 Å². The van der Waals surface area contributed by atoms with Crippen molar-refractivity contribution in [1.82, 2.24) is 9.88 Å². The van der Waals surface area contributed by atoms with E-state index in [2.05, 4.69) is 16.0 Å². The number of rotatable bonds is 0. The monoisotopic (exact) mass is 202 g/mol. The highest BCUT2D eigenvalue weighted by atomic mass is 16.2. The molecular weight excluding hydrogens is 188 g/mol. The van der Waals surface area contributed by atoms with Gasteiger partial charge in [-0.25, -0.2) is 0 Å². The molecule has 0 aromatic carbocycles. The van der Waals surface area contributed by atoms with Crippen molar-refractivity contribution in [3.8, 4) is 0 Å². The fraction of sp³-hybridized carbons (Fsp3) is 0.583. The molecule has 1 aromatic heterocycles. The van der Waals surface area contributed by atoms with Crippen LogP contribution in [0.15, 0.2) is 6.07 Å². The van der Waals surface area contributed by atoms with Crippen LogP contribution in [0.25, 0.3) is 0 Å². The zero-order valence-electron chi connectivity index (χ0n) is 8.62. The van der Waals surface area contributed by atoms with Crippen LogP contribution in [-0.4, -0.2) is 17.0 Å². The Labute approximate surface area is 88.5 Å². The van der Waals surface area contributed by atoms with Crippen LogP contribution in [0, 0.1) is 0 Å². The number of fused-ring (bicyclic) bond motifs is 7. The van der Waals surface area contributed by atoms with Crippen molar-refractivity contribution < 1.29 is 4.79 Å². The number of carbonyl (C=O) groups excluding carboxylic acids is 1. The summed E-state index contributed by atoms with van der Waals surface area (Å²) in [5, 5.41) is 2.92. The zero-order valence-corrected chi connectivity index (χ0v) is 8.62. The normalized spacial score (nSPS) is 31.3. The van der Waals surface area contributed by atoms with Gasteiger partial charge in [-0.15, -0.1) is 0 Å². The van der Waals surface area contributed by atoms with Crippen LogP contribution in [0.3, 0.4) is 0 Å². The molecule has 0 spiro atoms. The van der Waals surface area contributed by atoms with Crippen LogP contribution < -0.4 is 5.32 Å². The molecule has 2 bridgehead atoms. The molecular formula is C12H14N2O. The zero-order chi connectivity index (χ0) is 9.99. The highest BCUT2D eigenvalue weighted by molar-refractivity contribution is 5.94. The summed E-state index contributed by atoms with van der Waals surface area (Å²) in [4.78, 5) is 11.7. The molecule has 78 valence electrons. The molecule has 0 saturated heterocycles. The molecule has 4 rings (SSSR count). The highest BCUT2D eigenvalue weighted by Gasteiger charge is 2.41. The van der Waals surface area contributed by atoms with Gasteiger partial charge in [-0.2, -0.15) is 0 Å². The van der Waals surface area contributed by atoms with E-state index in [1.807, 2.05) is 0 Å². The molecule has 2 aliphatic carbocycles. The molecule has 1 saturated carbocycles. The molecule has 1 fully saturated rings. The first-order valence-corrected chi connectivity index (χ1v) is 5.86. The topological polar surface area (TPSA) is 34.0 Å². The average Bonchev–Trinajstić information content (AvgIpc) is 2.87. The van der Waals surface area contributed by atoms with Crippen LogP contribution >= 0.6 is 0 Å². The van der Waals surface area contributed by atoms with Gasteiger partial charge < -0.3 is 9.88 Å². The number of amides is 1. The number of hydrogen-bond acceptors (Lipinski definition) is 1. The minimum Gasteiger partial charge on any atom is -0.349 e.